The quantitative estimate of drug-likeness (QED) is 0.367. The van der Waals surface area contributed by atoms with Crippen LogP contribution in [-0.4, -0.2) is 57.4 Å². The minimum atomic E-state index is -4.45. The number of halogens is 3. The Morgan fingerprint density at radius 2 is 1.74 bits per heavy atom. The van der Waals surface area contributed by atoms with E-state index >= 15 is 0 Å². The summed E-state index contributed by atoms with van der Waals surface area (Å²) < 4.78 is 41.9. The lowest BCUT2D eigenvalue weighted by atomic mass is 9.94. The largest absolute Gasteiger partial charge is 0.419 e. The third-order valence-corrected chi connectivity index (χ3v) is 6.58. The number of hydrogen-bond acceptors (Lipinski definition) is 9. The molecule has 1 fully saturated rings. The maximum Gasteiger partial charge on any atom is 0.419 e. The summed E-state index contributed by atoms with van der Waals surface area (Å²) in [4.78, 5) is 23.0. The van der Waals surface area contributed by atoms with Crippen LogP contribution in [0.15, 0.2) is 55.6 Å². The second-order valence-corrected chi connectivity index (χ2v) is 8.96. The van der Waals surface area contributed by atoms with Crippen molar-refractivity contribution in [2.75, 3.05) is 23.3 Å². The van der Waals surface area contributed by atoms with Crippen LogP contribution < -0.4 is 10.2 Å². The van der Waals surface area contributed by atoms with E-state index in [1.807, 2.05) is 40.7 Å². The molecule has 1 saturated heterocycles. The van der Waals surface area contributed by atoms with E-state index in [9.17, 15) is 13.2 Å². The zero-order chi connectivity index (χ0) is 26.3. The minimum Gasteiger partial charge on any atom is -0.351 e. The lowest BCUT2D eigenvalue weighted by molar-refractivity contribution is -0.138. The molecule has 0 spiro atoms. The lowest BCUT2D eigenvalue weighted by Crippen LogP contribution is -2.34. The summed E-state index contributed by atoms with van der Waals surface area (Å²) in [5.41, 5.74) is 3.23. The van der Waals surface area contributed by atoms with Crippen molar-refractivity contribution in [3.63, 3.8) is 0 Å². The van der Waals surface area contributed by atoms with Crippen molar-refractivity contribution >= 4 is 23.0 Å². The van der Waals surface area contributed by atoms with Crippen LogP contribution in [0.4, 0.5) is 30.5 Å². The lowest BCUT2D eigenvalue weighted by Gasteiger charge is -2.31. The molecule has 6 rings (SSSR count). The highest BCUT2D eigenvalue weighted by Crippen LogP contribution is 2.32. The van der Waals surface area contributed by atoms with Crippen molar-refractivity contribution in [2.24, 2.45) is 0 Å². The molecule has 0 unspecified atom stereocenters. The van der Waals surface area contributed by atoms with E-state index in [2.05, 4.69) is 40.4 Å². The second kappa shape index (κ2) is 9.36. The molecule has 0 atom stereocenters. The number of aryl methyl sites for hydroxylation is 1. The summed E-state index contributed by atoms with van der Waals surface area (Å²) in [6.45, 7) is 3.14. The Morgan fingerprint density at radius 3 is 2.42 bits per heavy atom. The van der Waals surface area contributed by atoms with Gasteiger partial charge >= 0.3 is 6.18 Å². The van der Waals surface area contributed by atoms with Gasteiger partial charge in [-0.1, -0.05) is 0 Å². The van der Waals surface area contributed by atoms with Gasteiger partial charge in [0.25, 0.3) is 0 Å². The number of piperidine rings is 1. The van der Waals surface area contributed by atoms with Gasteiger partial charge in [0.05, 0.1) is 40.7 Å². The first kappa shape index (κ1) is 23.8. The summed E-state index contributed by atoms with van der Waals surface area (Å²) in [5, 5.41) is 12.1. The number of imidazole rings is 1. The Morgan fingerprint density at radius 1 is 0.947 bits per heavy atom. The predicted octanol–water partition coefficient (Wildman–Crippen LogP) is 3.95. The highest BCUT2D eigenvalue weighted by Gasteiger charge is 2.32. The summed E-state index contributed by atoms with van der Waals surface area (Å²) in [6.07, 6.45) is 5.35. The molecule has 0 aromatic carbocycles. The average Bonchev–Trinajstić information content (AvgIpc) is 3.61. The number of rotatable bonds is 5. The van der Waals surface area contributed by atoms with Crippen LogP contribution in [0.25, 0.3) is 11.5 Å². The molecule has 0 amide bonds. The molecule has 0 radical (unpaired) electrons. The molecule has 5 aromatic rings. The van der Waals surface area contributed by atoms with Crippen molar-refractivity contribution in [1.82, 2.24) is 44.3 Å². The highest BCUT2D eigenvalue weighted by molar-refractivity contribution is 5.74. The molecule has 14 heteroatoms. The van der Waals surface area contributed by atoms with Gasteiger partial charge < -0.3 is 10.2 Å². The maximum atomic E-state index is 12.8. The van der Waals surface area contributed by atoms with Crippen LogP contribution in [0.5, 0.6) is 0 Å². The molecule has 0 saturated carbocycles. The van der Waals surface area contributed by atoms with Crippen LogP contribution in [-0.2, 0) is 6.18 Å². The van der Waals surface area contributed by atoms with Gasteiger partial charge in [0.2, 0.25) is 5.95 Å². The number of alkyl halides is 3. The molecular weight excluding hydrogens is 499 g/mol. The van der Waals surface area contributed by atoms with E-state index in [-0.39, 0.29) is 5.92 Å². The van der Waals surface area contributed by atoms with Gasteiger partial charge in [-0.25, -0.2) is 34.1 Å². The van der Waals surface area contributed by atoms with E-state index in [0.29, 0.717) is 30.5 Å². The normalized spacial score (nSPS) is 14.8. The summed E-state index contributed by atoms with van der Waals surface area (Å²) >= 11 is 0. The Labute approximate surface area is 214 Å². The Balaban J connectivity index is 1.17. The molecule has 1 N–H and O–H groups in total. The van der Waals surface area contributed by atoms with E-state index in [4.69, 9.17) is 0 Å². The highest BCUT2D eigenvalue weighted by atomic mass is 19.4. The monoisotopic (exact) mass is 521 g/mol. The maximum absolute atomic E-state index is 12.8. The van der Waals surface area contributed by atoms with Crippen molar-refractivity contribution in [3.05, 3.63) is 72.6 Å². The molecule has 0 aliphatic carbocycles. The Hall–Kier alpha value is -4.62. The zero-order valence-corrected chi connectivity index (χ0v) is 20.2. The number of nitrogens with zero attached hydrogens (tertiary/aromatic N) is 10. The fourth-order valence-corrected chi connectivity index (χ4v) is 4.57. The average molecular weight is 522 g/mol. The fraction of sp³-hybridized carbons (Fsp3) is 0.292. The van der Waals surface area contributed by atoms with Crippen molar-refractivity contribution < 1.29 is 13.2 Å². The number of pyridine rings is 1. The third kappa shape index (κ3) is 4.48. The molecule has 194 valence electrons. The summed E-state index contributed by atoms with van der Waals surface area (Å²) in [5.74, 6) is 1.16. The van der Waals surface area contributed by atoms with Crippen molar-refractivity contribution in [3.8, 4) is 5.82 Å². The van der Waals surface area contributed by atoms with Gasteiger partial charge in [0.15, 0.2) is 11.5 Å². The van der Waals surface area contributed by atoms with Gasteiger partial charge in [0, 0.05) is 31.4 Å². The van der Waals surface area contributed by atoms with E-state index in [0.717, 1.165) is 48.0 Å². The summed E-state index contributed by atoms with van der Waals surface area (Å²) in [6, 6.07) is 5.65. The first-order valence-corrected chi connectivity index (χ1v) is 11.9. The standard InChI is InChI=1S/C24H22F3N11/c1-15-18(2-3-21(34-15)37-14-28-13-33-37)35-19-4-7-32-38-20(12-29-22(19)38)16-5-8-36(9-6-16)23-30-10-17(11-31-23)24(25,26)27/h2-4,7,10-14,16,35H,5-6,8-9H2,1H3. The van der Waals surface area contributed by atoms with Crippen molar-refractivity contribution in [1.29, 1.82) is 0 Å². The topological polar surface area (TPSA) is 115 Å². The third-order valence-electron chi connectivity index (χ3n) is 6.58. The predicted molar refractivity (Wildman–Crippen MR) is 131 cm³/mol. The van der Waals surface area contributed by atoms with Gasteiger partial charge in [0.1, 0.15) is 12.7 Å². The molecule has 38 heavy (non-hydrogen) atoms. The van der Waals surface area contributed by atoms with Gasteiger partial charge in [-0.05, 0) is 38.0 Å². The molecule has 1 aliphatic heterocycles. The smallest absolute Gasteiger partial charge is 0.351 e. The number of aromatic nitrogens is 9. The fourth-order valence-electron chi connectivity index (χ4n) is 4.57. The van der Waals surface area contributed by atoms with Crippen LogP contribution in [0.2, 0.25) is 0 Å². The minimum absolute atomic E-state index is 0.184. The molecule has 6 heterocycles. The number of hydrogen-bond donors (Lipinski definition) is 1. The van der Waals surface area contributed by atoms with E-state index in [1.165, 1.54) is 6.33 Å². The second-order valence-electron chi connectivity index (χ2n) is 8.96. The van der Waals surface area contributed by atoms with Gasteiger partial charge in [-0.2, -0.15) is 23.4 Å². The van der Waals surface area contributed by atoms with E-state index in [1.54, 1.807) is 17.2 Å². The zero-order valence-electron chi connectivity index (χ0n) is 20.2. The first-order valence-electron chi connectivity index (χ1n) is 11.9. The molecule has 1 aliphatic rings. The molecule has 0 bridgehead atoms. The number of anilines is 3. The molecule has 11 nitrogen and oxygen atoms in total. The van der Waals surface area contributed by atoms with Crippen LogP contribution in [0.3, 0.4) is 0 Å². The number of fused-ring (bicyclic) bond motifs is 1. The molecular formula is C24H22F3N11. The Bertz CT molecular complexity index is 1550. The van der Waals surface area contributed by atoms with Gasteiger partial charge in [-0.3, -0.25) is 0 Å². The SMILES string of the molecule is Cc1nc(-n2cncn2)ccc1Nc1ccnn2c(C3CCN(c4ncc(C(F)(F)F)cn4)CC3)cnc12. The summed E-state index contributed by atoms with van der Waals surface area (Å²) in [7, 11) is 0. The van der Waals surface area contributed by atoms with Crippen LogP contribution in [0.1, 0.15) is 35.7 Å². The molecule has 5 aromatic heterocycles. The van der Waals surface area contributed by atoms with Crippen LogP contribution >= 0.6 is 0 Å². The first-order chi connectivity index (χ1) is 18.4. The Kier molecular flexibility index (Phi) is 5.85. The van der Waals surface area contributed by atoms with E-state index < -0.39 is 11.7 Å². The van der Waals surface area contributed by atoms with Crippen molar-refractivity contribution in [2.45, 2.75) is 31.9 Å². The number of nitrogens with one attached hydrogen (secondary N) is 1. The van der Waals surface area contributed by atoms with Crippen LogP contribution in [0, 0.1) is 6.92 Å². The van der Waals surface area contributed by atoms with Gasteiger partial charge in [-0.15, -0.1) is 0 Å².